The fraction of sp³-hybridized carbons (Fsp3) is 0.158. The number of para-hydroxylation sites is 1. The number of fused-ring (bicyclic) bond motifs is 1. The number of carbonyl (C=O) groups excluding carboxylic acids is 1. The Morgan fingerprint density at radius 2 is 1.83 bits per heavy atom. The number of amides is 1. The average molecular weight is 382 g/mol. The number of anilines is 1. The molecule has 0 unspecified atom stereocenters. The third-order valence-electron chi connectivity index (χ3n) is 4.38. The summed E-state index contributed by atoms with van der Waals surface area (Å²) in [6.07, 6.45) is 0.428. The van der Waals surface area contributed by atoms with Crippen LogP contribution in [0, 0.1) is 6.92 Å². The second-order valence-electron chi connectivity index (χ2n) is 5.92. The molecule has 1 amide bonds. The fourth-order valence-corrected chi connectivity index (χ4v) is 3.89. The summed E-state index contributed by atoms with van der Waals surface area (Å²) in [6, 6.07) is 17.9. The van der Waals surface area contributed by atoms with E-state index >= 15 is 0 Å². The normalized spacial score (nSPS) is 16.6. The van der Waals surface area contributed by atoms with E-state index in [1.807, 2.05) is 60.1 Å². The van der Waals surface area contributed by atoms with Gasteiger partial charge in [0.05, 0.1) is 11.4 Å². The number of aromatic nitrogens is 2. The Morgan fingerprint density at radius 1 is 1.12 bits per heavy atom. The van der Waals surface area contributed by atoms with Gasteiger partial charge in [0.25, 0.3) is 0 Å². The minimum absolute atomic E-state index is 0.00165. The molecule has 0 aliphatic carbocycles. The molecule has 4 nitrogen and oxygen atoms in total. The molecule has 0 saturated carbocycles. The molecule has 1 aliphatic rings. The van der Waals surface area contributed by atoms with Crippen LogP contribution >= 0.6 is 15.9 Å². The molecule has 2 heterocycles. The smallest absolute Gasteiger partial charge is 0.226 e. The van der Waals surface area contributed by atoms with Gasteiger partial charge in [-0.3, -0.25) is 4.79 Å². The van der Waals surface area contributed by atoms with E-state index < -0.39 is 0 Å². The standard InChI is InChI=1S/C19H16BrN3O/c1-12-18-15(14-9-5-6-10-16(14)20)11-17(24)21-19(18)23(22-12)13-7-3-2-4-8-13/h2-10,15H,11H2,1H3,(H,21,24)/t15-/m1/s1. The van der Waals surface area contributed by atoms with Gasteiger partial charge in [0.1, 0.15) is 5.82 Å². The molecular formula is C19H16BrN3O. The molecule has 1 aromatic heterocycles. The number of halogens is 1. The molecule has 0 bridgehead atoms. The lowest BCUT2D eigenvalue weighted by Gasteiger charge is -2.25. The first-order valence-corrected chi connectivity index (χ1v) is 8.63. The van der Waals surface area contributed by atoms with E-state index in [9.17, 15) is 4.79 Å². The lowest BCUT2D eigenvalue weighted by molar-refractivity contribution is -0.116. The third kappa shape index (κ3) is 2.45. The van der Waals surface area contributed by atoms with Crippen LogP contribution in [0.1, 0.15) is 29.2 Å². The van der Waals surface area contributed by atoms with Crippen LogP contribution in [0.5, 0.6) is 0 Å². The number of carbonyl (C=O) groups is 1. The van der Waals surface area contributed by atoms with Crippen molar-refractivity contribution in [3.05, 3.63) is 75.9 Å². The number of aryl methyl sites for hydroxylation is 1. The Balaban J connectivity index is 1.91. The van der Waals surface area contributed by atoms with E-state index in [0.29, 0.717) is 6.42 Å². The van der Waals surface area contributed by atoms with Crippen molar-refractivity contribution in [2.75, 3.05) is 5.32 Å². The first-order chi connectivity index (χ1) is 11.6. The summed E-state index contributed by atoms with van der Waals surface area (Å²) in [4.78, 5) is 12.3. The number of nitrogens with one attached hydrogen (secondary N) is 1. The summed E-state index contributed by atoms with van der Waals surface area (Å²) >= 11 is 3.62. The molecule has 2 aromatic carbocycles. The molecule has 1 N–H and O–H groups in total. The quantitative estimate of drug-likeness (QED) is 0.714. The van der Waals surface area contributed by atoms with Crippen molar-refractivity contribution in [2.45, 2.75) is 19.3 Å². The van der Waals surface area contributed by atoms with E-state index in [1.165, 1.54) is 0 Å². The zero-order chi connectivity index (χ0) is 16.7. The Kier molecular flexibility index (Phi) is 3.73. The SMILES string of the molecule is Cc1nn(-c2ccccc2)c2c1[C@@H](c1ccccc1Br)CC(=O)N2. The highest BCUT2D eigenvalue weighted by Gasteiger charge is 2.33. The van der Waals surface area contributed by atoms with Crippen LogP contribution in [0.3, 0.4) is 0 Å². The number of rotatable bonds is 2. The van der Waals surface area contributed by atoms with Crippen LogP contribution < -0.4 is 5.32 Å². The molecule has 1 aliphatic heterocycles. The van der Waals surface area contributed by atoms with Gasteiger partial charge in [-0.15, -0.1) is 0 Å². The molecule has 24 heavy (non-hydrogen) atoms. The van der Waals surface area contributed by atoms with Crippen molar-refractivity contribution >= 4 is 27.7 Å². The Labute approximate surface area is 148 Å². The summed E-state index contributed by atoms with van der Waals surface area (Å²) in [5.74, 6) is 0.790. The van der Waals surface area contributed by atoms with E-state index in [4.69, 9.17) is 0 Å². The number of benzene rings is 2. The van der Waals surface area contributed by atoms with E-state index in [2.05, 4.69) is 32.4 Å². The van der Waals surface area contributed by atoms with Crippen molar-refractivity contribution in [3.63, 3.8) is 0 Å². The summed E-state index contributed by atoms with van der Waals surface area (Å²) in [5.41, 5.74) is 4.08. The monoisotopic (exact) mass is 381 g/mol. The van der Waals surface area contributed by atoms with Gasteiger partial charge in [-0.1, -0.05) is 52.3 Å². The second-order valence-corrected chi connectivity index (χ2v) is 6.78. The van der Waals surface area contributed by atoms with Gasteiger partial charge < -0.3 is 5.32 Å². The van der Waals surface area contributed by atoms with Gasteiger partial charge in [0.2, 0.25) is 5.91 Å². The summed E-state index contributed by atoms with van der Waals surface area (Å²) in [7, 11) is 0. The van der Waals surface area contributed by atoms with Crippen molar-refractivity contribution in [1.82, 2.24) is 9.78 Å². The molecule has 120 valence electrons. The molecule has 0 radical (unpaired) electrons. The van der Waals surface area contributed by atoms with Crippen LogP contribution in [0.4, 0.5) is 5.82 Å². The van der Waals surface area contributed by atoms with E-state index in [0.717, 1.165) is 32.8 Å². The van der Waals surface area contributed by atoms with E-state index in [-0.39, 0.29) is 11.8 Å². The van der Waals surface area contributed by atoms with Crippen molar-refractivity contribution in [1.29, 1.82) is 0 Å². The minimum Gasteiger partial charge on any atom is -0.310 e. The van der Waals surface area contributed by atoms with Crippen LogP contribution in [0.25, 0.3) is 5.69 Å². The zero-order valence-corrected chi connectivity index (χ0v) is 14.7. The molecule has 1 atom stereocenters. The van der Waals surface area contributed by atoms with Gasteiger partial charge in [-0.25, -0.2) is 4.68 Å². The van der Waals surface area contributed by atoms with Gasteiger partial charge in [-0.2, -0.15) is 5.10 Å². The summed E-state index contributed by atoms with van der Waals surface area (Å²) in [6.45, 7) is 2.00. The summed E-state index contributed by atoms with van der Waals surface area (Å²) < 4.78 is 2.84. The number of hydrogen-bond donors (Lipinski definition) is 1. The lowest BCUT2D eigenvalue weighted by Crippen LogP contribution is -2.25. The number of hydrogen-bond acceptors (Lipinski definition) is 2. The Bertz CT molecular complexity index is 918. The lowest BCUT2D eigenvalue weighted by atomic mass is 9.86. The molecule has 0 fully saturated rings. The largest absolute Gasteiger partial charge is 0.310 e. The highest BCUT2D eigenvalue weighted by Crippen LogP contribution is 2.42. The zero-order valence-electron chi connectivity index (χ0n) is 13.2. The molecule has 5 heteroatoms. The third-order valence-corrected chi connectivity index (χ3v) is 5.11. The highest BCUT2D eigenvalue weighted by molar-refractivity contribution is 9.10. The maximum Gasteiger partial charge on any atom is 0.226 e. The van der Waals surface area contributed by atoms with Gasteiger partial charge in [-0.05, 0) is 30.7 Å². The molecule has 0 saturated heterocycles. The van der Waals surface area contributed by atoms with Crippen LogP contribution in [0.15, 0.2) is 59.1 Å². The highest BCUT2D eigenvalue weighted by atomic mass is 79.9. The second kappa shape index (κ2) is 5.91. The number of nitrogens with zero attached hydrogens (tertiary/aromatic N) is 2. The van der Waals surface area contributed by atoms with Crippen molar-refractivity contribution in [3.8, 4) is 5.69 Å². The maximum absolute atomic E-state index is 12.3. The Hall–Kier alpha value is -2.40. The summed E-state index contributed by atoms with van der Waals surface area (Å²) in [5, 5.41) is 7.70. The topological polar surface area (TPSA) is 46.9 Å². The molecule has 0 spiro atoms. The molecule has 4 rings (SSSR count). The van der Waals surface area contributed by atoms with Crippen LogP contribution in [-0.4, -0.2) is 15.7 Å². The van der Waals surface area contributed by atoms with Crippen LogP contribution in [0.2, 0.25) is 0 Å². The average Bonchev–Trinajstić information content (AvgIpc) is 2.92. The first kappa shape index (κ1) is 15.1. The predicted octanol–water partition coefficient (Wildman–Crippen LogP) is 4.42. The first-order valence-electron chi connectivity index (χ1n) is 7.84. The van der Waals surface area contributed by atoms with Gasteiger partial charge in [0, 0.05) is 22.4 Å². The van der Waals surface area contributed by atoms with Gasteiger partial charge >= 0.3 is 0 Å². The molecule has 3 aromatic rings. The molecular weight excluding hydrogens is 366 g/mol. The fourth-order valence-electron chi connectivity index (χ4n) is 3.33. The van der Waals surface area contributed by atoms with Crippen molar-refractivity contribution < 1.29 is 4.79 Å². The van der Waals surface area contributed by atoms with Gasteiger partial charge in [0.15, 0.2) is 0 Å². The van der Waals surface area contributed by atoms with Crippen LogP contribution in [-0.2, 0) is 4.79 Å². The predicted molar refractivity (Wildman–Crippen MR) is 97.5 cm³/mol. The van der Waals surface area contributed by atoms with E-state index in [1.54, 1.807) is 0 Å². The van der Waals surface area contributed by atoms with Crippen molar-refractivity contribution in [2.24, 2.45) is 0 Å². The maximum atomic E-state index is 12.3. The Morgan fingerprint density at radius 3 is 2.58 bits per heavy atom. The minimum atomic E-state index is 0.00165.